The predicted molar refractivity (Wildman–Crippen MR) is 76.7 cm³/mol. The van der Waals surface area contributed by atoms with Crippen molar-refractivity contribution in [3.8, 4) is 5.75 Å². The summed E-state index contributed by atoms with van der Waals surface area (Å²) in [6.45, 7) is -3.60. The molecule has 2 rings (SSSR count). The summed E-state index contributed by atoms with van der Waals surface area (Å²) in [5.41, 5.74) is -0.363. The number of rotatable bonds is 6. The Morgan fingerprint density at radius 2 is 1.88 bits per heavy atom. The van der Waals surface area contributed by atoms with Gasteiger partial charge in [0.05, 0.1) is 11.7 Å². The van der Waals surface area contributed by atoms with Crippen LogP contribution in [-0.4, -0.2) is 24.2 Å². The summed E-state index contributed by atoms with van der Waals surface area (Å²) in [4.78, 5) is 12.0. The van der Waals surface area contributed by atoms with Gasteiger partial charge in [0.1, 0.15) is 17.4 Å². The first-order chi connectivity index (χ1) is 11.4. The van der Waals surface area contributed by atoms with Crippen molar-refractivity contribution in [2.45, 2.75) is 12.7 Å². The van der Waals surface area contributed by atoms with E-state index in [1.54, 1.807) is 0 Å². The summed E-state index contributed by atoms with van der Waals surface area (Å²) in [6, 6.07) is 7.96. The summed E-state index contributed by atoms with van der Waals surface area (Å²) < 4.78 is 55.4. The van der Waals surface area contributed by atoms with Crippen LogP contribution in [0.25, 0.3) is 0 Å². The lowest BCUT2D eigenvalue weighted by Gasteiger charge is -2.14. The van der Waals surface area contributed by atoms with Gasteiger partial charge >= 0.3 is 6.61 Å². The topological polar surface area (TPSA) is 58.6 Å². The minimum Gasteiger partial charge on any atom is -0.434 e. The molecule has 0 aliphatic heterocycles. The molecule has 0 spiro atoms. The largest absolute Gasteiger partial charge is 0.434 e. The molecule has 0 radical (unpaired) electrons. The quantitative estimate of drug-likeness (QED) is 0.793. The third kappa shape index (κ3) is 4.45. The van der Waals surface area contributed by atoms with Gasteiger partial charge in [-0.15, -0.1) is 0 Å². The molecule has 128 valence electrons. The lowest BCUT2D eigenvalue weighted by Crippen LogP contribution is -2.29. The van der Waals surface area contributed by atoms with Gasteiger partial charge in [-0.1, -0.05) is 18.2 Å². The number of ether oxygens (including phenoxy) is 1. The molecule has 4 nitrogen and oxygen atoms in total. The molecule has 24 heavy (non-hydrogen) atoms. The van der Waals surface area contributed by atoms with Gasteiger partial charge in [0, 0.05) is 18.2 Å². The first-order valence-corrected chi connectivity index (χ1v) is 6.83. The van der Waals surface area contributed by atoms with Crippen LogP contribution in [0.5, 0.6) is 5.75 Å². The Kier molecular flexibility index (Phi) is 5.75. The summed E-state index contributed by atoms with van der Waals surface area (Å²) in [6.07, 6.45) is -1.34. The Labute approximate surface area is 134 Å². The summed E-state index contributed by atoms with van der Waals surface area (Å²) >= 11 is 0. The van der Waals surface area contributed by atoms with E-state index < -0.39 is 36.0 Å². The molecule has 1 amide bonds. The van der Waals surface area contributed by atoms with Gasteiger partial charge < -0.3 is 15.2 Å². The Balaban J connectivity index is 2.09. The van der Waals surface area contributed by atoms with Crippen molar-refractivity contribution in [2.24, 2.45) is 0 Å². The molecular formula is C16H13F4NO3. The van der Waals surface area contributed by atoms with Crippen molar-refractivity contribution in [3.05, 3.63) is 65.2 Å². The smallest absolute Gasteiger partial charge is 0.387 e. The monoisotopic (exact) mass is 343 g/mol. The zero-order valence-corrected chi connectivity index (χ0v) is 12.2. The second-order valence-corrected chi connectivity index (χ2v) is 4.77. The molecule has 0 aliphatic rings. The molecule has 2 N–H and O–H groups in total. The number of aliphatic hydroxyl groups is 1. The normalized spacial score (nSPS) is 12.1. The van der Waals surface area contributed by atoms with Gasteiger partial charge in [-0.2, -0.15) is 8.78 Å². The summed E-state index contributed by atoms with van der Waals surface area (Å²) in [7, 11) is 0. The van der Waals surface area contributed by atoms with E-state index in [2.05, 4.69) is 10.1 Å². The molecule has 0 saturated carbocycles. The second-order valence-electron chi connectivity index (χ2n) is 4.77. The molecule has 1 atom stereocenters. The van der Waals surface area contributed by atoms with Gasteiger partial charge in [-0.05, 0) is 18.2 Å². The fraction of sp³-hybridized carbons (Fsp3) is 0.188. The molecule has 0 aromatic heterocycles. The Hall–Kier alpha value is -2.61. The van der Waals surface area contributed by atoms with E-state index >= 15 is 0 Å². The number of carbonyl (C=O) groups excluding carboxylic acids is 1. The van der Waals surface area contributed by atoms with Gasteiger partial charge in [-0.3, -0.25) is 4.79 Å². The maximum absolute atomic E-state index is 13.5. The molecule has 0 heterocycles. The van der Waals surface area contributed by atoms with Gasteiger partial charge in [-0.25, -0.2) is 8.78 Å². The fourth-order valence-electron chi connectivity index (χ4n) is 2.02. The van der Waals surface area contributed by atoms with E-state index in [1.807, 2.05) is 0 Å². The first kappa shape index (κ1) is 17.7. The molecule has 2 aromatic rings. The van der Waals surface area contributed by atoms with Crippen LogP contribution in [0, 0.1) is 11.6 Å². The number of halogens is 4. The standard InChI is InChI=1S/C16H13F4NO3/c17-9-5-6-11(14(7-9)24-16(19)20)15(23)21-8-13(22)10-3-1-2-4-12(10)18/h1-7,13,16,22H,8H2,(H,21,23). The van der Waals surface area contributed by atoms with Gasteiger partial charge in [0.2, 0.25) is 0 Å². The molecule has 1 unspecified atom stereocenters. The van der Waals surface area contributed by atoms with Crippen molar-refractivity contribution in [1.82, 2.24) is 5.32 Å². The van der Waals surface area contributed by atoms with Crippen LogP contribution in [0.3, 0.4) is 0 Å². The van der Waals surface area contributed by atoms with Crippen LogP contribution in [-0.2, 0) is 0 Å². The Morgan fingerprint density at radius 1 is 1.17 bits per heavy atom. The maximum Gasteiger partial charge on any atom is 0.387 e. The summed E-state index contributed by atoms with van der Waals surface area (Å²) in [5.74, 6) is -3.01. The van der Waals surface area contributed by atoms with Crippen molar-refractivity contribution in [3.63, 3.8) is 0 Å². The zero-order chi connectivity index (χ0) is 17.7. The lowest BCUT2D eigenvalue weighted by atomic mass is 10.1. The van der Waals surface area contributed by atoms with Crippen LogP contribution < -0.4 is 10.1 Å². The average Bonchev–Trinajstić information content (AvgIpc) is 2.52. The number of benzene rings is 2. The highest BCUT2D eigenvalue weighted by atomic mass is 19.3. The Morgan fingerprint density at radius 3 is 2.54 bits per heavy atom. The number of alkyl halides is 2. The lowest BCUT2D eigenvalue weighted by molar-refractivity contribution is -0.0503. The van der Waals surface area contributed by atoms with Gasteiger partial charge in [0.15, 0.2) is 0 Å². The van der Waals surface area contributed by atoms with Crippen LogP contribution in [0.15, 0.2) is 42.5 Å². The predicted octanol–water partition coefficient (Wildman–Crippen LogP) is 3.03. The van der Waals surface area contributed by atoms with E-state index in [0.29, 0.717) is 6.07 Å². The van der Waals surface area contributed by atoms with Crippen LogP contribution in [0.1, 0.15) is 22.0 Å². The highest BCUT2D eigenvalue weighted by Gasteiger charge is 2.19. The number of aliphatic hydroxyl groups excluding tert-OH is 1. The van der Waals surface area contributed by atoms with E-state index in [0.717, 1.165) is 18.2 Å². The van der Waals surface area contributed by atoms with Crippen molar-refractivity contribution >= 4 is 5.91 Å². The number of nitrogens with one attached hydrogen (secondary N) is 1. The summed E-state index contributed by atoms with van der Waals surface area (Å²) in [5, 5.41) is 12.1. The highest BCUT2D eigenvalue weighted by Crippen LogP contribution is 2.22. The van der Waals surface area contributed by atoms with E-state index in [9.17, 15) is 27.5 Å². The third-order valence-electron chi connectivity index (χ3n) is 3.12. The number of hydrogen-bond acceptors (Lipinski definition) is 3. The molecular weight excluding hydrogens is 330 g/mol. The number of carbonyl (C=O) groups is 1. The van der Waals surface area contributed by atoms with E-state index in [-0.39, 0.29) is 17.7 Å². The number of hydrogen-bond donors (Lipinski definition) is 2. The first-order valence-electron chi connectivity index (χ1n) is 6.83. The molecule has 0 bridgehead atoms. The molecule has 0 aliphatic carbocycles. The maximum atomic E-state index is 13.5. The molecule has 0 fully saturated rings. The van der Waals surface area contributed by atoms with Gasteiger partial charge in [0.25, 0.3) is 5.91 Å². The van der Waals surface area contributed by atoms with E-state index in [4.69, 9.17) is 0 Å². The van der Waals surface area contributed by atoms with Crippen LogP contribution in [0.2, 0.25) is 0 Å². The minimum atomic E-state index is -3.23. The van der Waals surface area contributed by atoms with E-state index in [1.165, 1.54) is 18.2 Å². The number of amides is 1. The fourth-order valence-corrected chi connectivity index (χ4v) is 2.02. The molecule has 2 aromatic carbocycles. The second kappa shape index (κ2) is 7.78. The van der Waals surface area contributed by atoms with Crippen molar-refractivity contribution in [2.75, 3.05) is 6.54 Å². The van der Waals surface area contributed by atoms with Crippen LogP contribution >= 0.6 is 0 Å². The Bertz CT molecular complexity index is 724. The van der Waals surface area contributed by atoms with Crippen LogP contribution in [0.4, 0.5) is 17.6 Å². The zero-order valence-electron chi connectivity index (χ0n) is 12.2. The third-order valence-corrected chi connectivity index (χ3v) is 3.12. The highest BCUT2D eigenvalue weighted by molar-refractivity contribution is 5.96. The molecule has 0 saturated heterocycles. The van der Waals surface area contributed by atoms with Crippen molar-refractivity contribution < 1.29 is 32.2 Å². The minimum absolute atomic E-state index is 0.0269. The SMILES string of the molecule is O=C(NCC(O)c1ccccc1F)c1ccc(F)cc1OC(F)F. The average molecular weight is 343 g/mol. The van der Waals surface area contributed by atoms with Crippen molar-refractivity contribution in [1.29, 1.82) is 0 Å². The molecule has 8 heteroatoms.